The number of carboxylic acid groups (broad SMARTS) is 1. The van der Waals surface area contributed by atoms with Gasteiger partial charge in [-0.3, -0.25) is 0 Å². The first-order valence-electron chi connectivity index (χ1n) is 8.46. The third kappa shape index (κ3) is 2.61. The quantitative estimate of drug-likeness (QED) is 0.788. The Morgan fingerprint density at radius 1 is 1.28 bits per heavy atom. The predicted octanol–water partition coefficient (Wildman–Crippen LogP) is 2.89. The van der Waals surface area contributed by atoms with Crippen LogP contribution in [-0.4, -0.2) is 37.1 Å². The number of hydrogen-bond acceptors (Lipinski definition) is 5. The van der Waals surface area contributed by atoms with Gasteiger partial charge >= 0.3 is 5.97 Å². The summed E-state index contributed by atoms with van der Waals surface area (Å²) in [5, 5.41) is 8.99. The largest absolute Gasteiger partial charge is 0.476 e. The molecule has 7 heteroatoms. The fraction of sp³-hybridized carbons (Fsp3) is 0.333. The number of carboxylic acids is 1. The highest BCUT2D eigenvalue weighted by Gasteiger charge is 2.31. The lowest BCUT2D eigenvalue weighted by molar-refractivity contribution is 0.0690. The first-order valence-corrected chi connectivity index (χ1v) is 8.46. The van der Waals surface area contributed by atoms with Crippen LogP contribution < -0.4 is 4.90 Å². The van der Waals surface area contributed by atoms with Crippen LogP contribution in [0.1, 0.15) is 42.1 Å². The molecule has 1 aliphatic heterocycles. The summed E-state index contributed by atoms with van der Waals surface area (Å²) in [6, 6.07) is 8.28. The number of nitrogens with zero attached hydrogens (tertiary/aromatic N) is 5. The van der Waals surface area contributed by atoms with Gasteiger partial charge in [0.1, 0.15) is 11.6 Å². The summed E-state index contributed by atoms with van der Waals surface area (Å²) in [5.74, 6) is 0.664. The standard InChI is InChI=1S/C18H19N5O2/c1-2-22-14-7-4-3-6-12(14)21-17(22)15-8-5-9-23(15)16-11-19-13(10-20-16)18(24)25/h3-4,6-7,10-11,15H,2,5,8-9H2,1H3,(H,24,25). The average Bonchev–Trinajstić information content (AvgIpc) is 3.25. The second kappa shape index (κ2) is 6.16. The second-order valence-electron chi connectivity index (χ2n) is 6.12. The van der Waals surface area contributed by atoms with Crippen LogP contribution in [0.4, 0.5) is 5.82 Å². The highest BCUT2D eigenvalue weighted by molar-refractivity contribution is 5.85. The summed E-state index contributed by atoms with van der Waals surface area (Å²) in [6.45, 7) is 3.83. The molecule has 3 aromatic rings. The molecule has 3 heterocycles. The van der Waals surface area contributed by atoms with Gasteiger partial charge in [-0.15, -0.1) is 0 Å². The van der Waals surface area contributed by atoms with E-state index in [1.165, 1.54) is 6.20 Å². The van der Waals surface area contributed by atoms with Crippen LogP contribution in [-0.2, 0) is 6.54 Å². The van der Waals surface area contributed by atoms with Gasteiger partial charge in [-0.1, -0.05) is 12.1 Å². The number of imidazole rings is 1. The van der Waals surface area contributed by atoms with Gasteiger partial charge in [0.25, 0.3) is 0 Å². The number of carbonyl (C=O) groups is 1. The molecule has 1 unspecified atom stereocenters. The number of fused-ring (bicyclic) bond motifs is 1. The van der Waals surface area contributed by atoms with Gasteiger partial charge in [-0.2, -0.15) is 0 Å². The van der Waals surface area contributed by atoms with Gasteiger partial charge in [-0.25, -0.2) is 19.7 Å². The molecule has 0 aliphatic carbocycles. The Labute approximate surface area is 145 Å². The van der Waals surface area contributed by atoms with Crippen LogP contribution in [0.5, 0.6) is 0 Å². The van der Waals surface area contributed by atoms with E-state index in [0.717, 1.165) is 42.8 Å². The fourth-order valence-corrected chi connectivity index (χ4v) is 3.57. The van der Waals surface area contributed by atoms with E-state index in [1.807, 2.05) is 18.2 Å². The van der Waals surface area contributed by atoms with Gasteiger partial charge in [0, 0.05) is 13.1 Å². The lowest BCUT2D eigenvalue weighted by Gasteiger charge is -2.25. The van der Waals surface area contributed by atoms with Crippen LogP contribution in [0, 0.1) is 0 Å². The molecule has 1 fully saturated rings. The molecule has 25 heavy (non-hydrogen) atoms. The van der Waals surface area contributed by atoms with Crippen LogP contribution >= 0.6 is 0 Å². The predicted molar refractivity (Wildman–Crippen MR) is 93.7 cm³/mol. The van der Waals surface area contributed by atoms with Crippen molar-refractivity contribution < 1.29 is 9.90 Å². The zero-order valence-electron chi connectivity index (χ0n) is 14.0. The van der Waals surface area contributed by atoms with Gasteiger partial charge in [-0.05, 0) is 31.9 Å². The maximum absolute atomic E-state index is 11.0. The molecule has 0 amide bonds. The van der Waals surface area contributed by atoms with Crippen LogP contribution in [0.2, 0.25) is 0 Å². The van der Waals surface area contributed by atoms with Gasteiger partial charge < -0.3 is 14.6 Å². The molecule has 128 valence electrons. The van der Waals surface area contributed by atoms with Crippen LogP contribution in [0.25, 0.3) is 11.0 Å². The SMILES string of the molecule is CCn1c(C2CCCN2c2cnc(C(=O)O)cn2)nc2ccccc21. The molecular formula is C18H19N5O2. The molecule has 0 spiro atoms. The third-order valence-electron chi connectivity index (χ3n) is 4.70. The molecule has 4 rings (SSSR count). The molecule has 1 aromatic carbocycles. The number of hydrogen-bond donors (Lipinski definition) is 1. The van der Waals surface area contributed by atoms with Crippen LogP contribution in [0.3, 0.4) is 0 Å². The van der Waals surface area contributed by atoms with Crippen molar-refractivity contribution in [2.45, 2.75) is 32.4 Å². The zero-order chi connectivity index (χ0) is 17.4. The average molecular weight is 337 g/mol. The number of aromatic carboxylic acids is 1. The molecule has 1 atom stereocenters. The molecule has 2 aromatic heterocycles. The molecular weight excluding hydrogens is 318 g/mol. The maximum atomic E-state index is 11.0. The summed E-state index contributed by atoms with van der Waals surface area (Å²) in [6.07, 6.45) is 4.89. The minimum Gasteiger partial charge on any atom is -0.476 e. The molecule has 0 saturated carbocycles. The summed E-state index contributed by atoms with van der Waals surface area (Å²) < 4.78 is 2.25. The Bertz CT molecular complexity index is 919. The van der Waals surface area contributed by atoms with Gasteiger partial charge in [0.2, 0.25) is 0 Å². The Morgan fingerprint density at radius 2 is 2.12 bits per heavy atom. The van der Waals surface area contributed by atoms with Crippen molar-refractivity contribution in [1.82, 2.24) is 19.5 Å². The summed E-state index contributed by atoms with van der Waals surface area (Å²) in [5.41, 5.74) is 2.10. The Morgan fingerprint density at radius 3 is 2.84 bits per heavy atom. The van der Waals surface area contributed by atoms with Crippen molar-refractivity contribution >= 4 is 22.8 Å². The maximum Gasteiger partial charge on any atom is 0.356 e. The van der Waals surface area contributed by atoms with E-state index in [-0.39, 0.29) is 11.7 Å². The molecule has 1 N–H and O–H groups in total. The van der Waals surface area contributed by atoms with E-state index in [0.29, 0.717) is 5.82 Å². The first-order chi connectivity index (χ1) is 12.2. The van der Waals surface area contributed by atoms with Crippen molar-refractivity contribution in [3.63, 3.8) is 0 Å². The molecule has 0 radical (unpaired) electrons. The van der Waals surface area contributed by atoms with E-state index < -0.39 is 5.97 Å². The molecule has 1 aliphatic rings. The van der Waals surface area contributed by atoms with E-state index in [2.05, 4.69) is 32.4 Å². The second-order valence-corrected chi connectivity index (χ2v) is 6.12. The van der Waals surface area contributed by atoms with E-state index in [1.54, 1.807) is 6.20 Å². The van der Waals surface area contributed by atoms with Crippen LogP contribution in [0.15, 0.2) is 36.7 Å². The molecule has 7 nitrogen and oxygen atoms in total. The van der Waals surface area contributed by atoms with Crippen molar-refractivity contribution in [2.24, 2.45) is 0 Å². The number of aromatic nitrogens is 4. The minimum atomic E-state index is -1.07. The van der Waals surface area contributed by atoms with E-state index in [9.17, 15) is 4.79 Å². The van der Waals surface area contributed by atoms with Crippen molar-refractivity contribution in [2.75, 3.05) is 11.4 Å². The third-order valence-corrected chi connectivity index (χ3v) is 4.70. The summed E-state index contributed by atoms with van der Waals surface area (Å²) in [7, 11) is 0. The monoisotopic (exact) mass is 337 g/mol. The van der Waals surface area contributed by atoms with Crippen molar-refractivity contribution in [3.8, 4) is 0 Å². The summed E-state index contributed by atoms with van der Waals surface area (Å²) >= 11 is 0. The molecule has 1 saturated heterocycles. The number of anilines is 1. The lowest BCUT2D eigenvalue weighted by atomic mass is 10.2. The lowest BCUT2D eigenvalue weighted by Crippen LogP contribution is -2.26. The van der Waals surface area contributed by atoms with Gasteiger partial charge in [0.05, 0.1) is 29.5 Å². The summed E-state index contributed by atoms with van der Waals surface area (Å²) in [4.78, 5) is 26.3. The zero-order valence-corrected chi connectivity index (χ0v) is 14.0. The van der Waals surface area contributed by atoms with Crippen molar-refractivity contribution in [3.05, 3.63) is 48.2 Å². The molecule has 0 bridgehead atoms. The van der Waals surface area contributed by atoms with E-state index >= 15 is 0 Å². The topological polar surface area (TPSA) is 84.1 Å². The Kier molecular flexibility index (Phi) is 3.83. The first kappa shape index (κ1) is 15.6. The number of benzene rings is 1. The van der Waals surface area contributed by atoms with Crippen molar-refractivity contribution in [1.29, 1.82) is 0 Å². The number of para-hydroxylation sites is 2. The normalized spacial score (nSPS) is 17.3. The number of rotatable bonds is 4. The minimum absolute atomic E-state index is 0.0414. The fourth-order valence-electron chi connectivity index (χ4n) is 3.57. The Hall–Kier alpha value is -2.96. The smallest absolute Gasteiger partial charge is 0.356 e. The highest BCUT2D eigenvalue weighted by Crippen LogP contribution is 2.35. The highest BCUT2D eigenvalue weighted by atomic mass is 16.4. The number of aryl methyl sites for hydroxylation is 1. The Balaban J connectivity index is 1.73. The van der Waals surface area contributed by atoms with Gasteiger partial charge in [0.15, 0.2) is 5.69 Å². The van der Waals surface area contributed by atoms with E-state index in [4.69, 9.17) is 10.1 Å².